The molecule has 0 aromatic heterocycles. The Labute approximate surface area is 135 Å². The van der Waals surface area contributed by atoms with Crippen molar-refractivity contribution in [3.05, 3.63) is 60.2 Å². The number of esters is 1. The molecule has 2 rings (SSSR count). The van der Waals surface area contributed by atoms with E-state index in [2.05, 4.69) is 0 Å². The minimum absolute atomic E-state index is 0.268. The van der Waals surface area contributed by atoms with Gasteiger partial charge in [0.1, 0.15) is 11.5 Å². The second-order valence-electron chi connectivity index (χ2n) is 5.22. The fraction of sp³-hybridized carbons (Fsp3) is 0.222. The summed E-state index contributed by atoms with van der Waals surface area (Å²) in [7, 11) is 3.22. The van der Waals surface area contributed by atoms with Crippen molar-refractivity contribution in [3.8, 4) is 11.5 Å². The maximum atomic E-state index is 12.1. The van der Waals surface area contributed by atoms with Gasteiger partial charge in [0.05, 0.1) is 5.56 Å². The molecule has 0 fully saturated rings. The highest BCUT2D eigenvalue weighted by Crippen LogP contribution is 2.22. The third kappa shape index (κ3) is 4.57. The van der Waals surface area contributed by atoms with Crippen LogP contribution in [-0.4, -0.2) is 37.0 Å². The van der Waals surface area contributed by atoms with Crippen LogP contribution >= 0.6 is 0 Å². The van der Waals surface area contributed by atoms with Gasteiger partial charge in [-0.05, 0) is 37.3 Å². The van der Waals surface area contributed by atoms with Gasteiger partial charge >= 0.3 is 5.97 Å². The van der Waals surface area contributed by atoms with Gasteiger partial charge in [0.25, 0.3) is 5.91 Å². The van der Waals surface area contributed by atoms with Crippen LogP contribution in [0.25, 0.3) is 0 Å². The standard InChI is InChI=1S/C18H19NO4/c1-13(17(20)19(2)3)22-18(21)14-8-7-11-16(12-14)23-15-9-5-4-6-10-15/h4-13H,1-3H3/t13-/m1/s1. The fourth-order valence-electron chi connectivity index (χ4n) is 1.95. The largest absolute Gasteiger partial charge is 0.457 e. The van der Waals surface area contributed by atoms with Crippen LogP contribution in [0.15, 0.2) is 54.6 Å². The monoisotopic (exact) mass is 313 g/mol. The molecular weight excluding hydrogens is 294 g/mol. The second kappa shape index (κ2) is 7.45. The van der Waals surface area contributed by atoms with Gasteiger partial charge < -0.3 is 14.4 Å². The summed E-state index contributed by atoms with van der Waals surface area (Å²) in [5, 5.41) is 0. The number of nitrogens with zero attached hydrogens (tertiary/aromatic N) is 1. The Bertz CT molecular complexity index is 682. The van der Waals surface area contributed by atoms with Crippen LogP contribution in [0.1, 0.15) is 17.3 Å². The van der Waals surface area contributed by atoms with E-state index in [1.807, 2.05) is 30.3 Å². The molecule has 0 saturated carbocycles. The summed E-state index contributed by atoms with van der Waals surface area (Å²) in [4.78, 5) is 25.3. The molecule has 0 unspecified atom stereocenters. The number of hydrogen-bond donors (Lipinski definition) is 0. The topological polar surface area (TPSA) is 55.8 Å². The zero-order chi connectivity index (χ0) is 16.8. The molecule has 5 nitrogen and oxygen atoms in total. The lowest BCUT2D eigenvalue weighted by Gasteiger charge is -2.17. The van der Waals surface area contributed by atoms with Crippen LogP contribution in [0.5, 0.6) is 11.5 Å². The number of carbonyl (C=O) groups is 2. The summed E-state index contributed by atoms with van der Waals surface area (Å²) in [6, 6.07) is 15.9. The van der Waals surface area contributed by atoms with Gasteiger partial charge in [-0.2, -0.15) is 0 Å². The van der Waals surface area contributed by atoms with Gasteiger partial charge in [-0.1, -0.05) is 24.3 Å². The summed E-state index contributed by atoms with van der Waals surface area (Å²) in [5.41, 5.74) is 0.330. The Hall–Kier alpha value is -2.82. The molecule has 0 aliphatic heterocycles. The van der Waals surface area contributed by atoms with E-state index in [4.69, 9.17) is 9.47 Å². The maximum absolute atomic E-state index is 12.1. The fourth-order valence-corrected chi connectivity index (χ4v) is 1.95. The number of ether oxygens (including phenoxy) is 2. The van der Waals surface area contributed by atoms with Crippen LogP contribution < -0.4 is 4.74 Å². The van der Waals surface area contributed by atoms with Gasteiger partial charge in [-0.15, -0.1) is 0 Å². The van der Waals surface area contributed by atoms with Gasteiger partial charge in [-0.3, -0.25) is 4.79 Å². The van der Waals surface area contributed by atoms with Crippen molar-refractivity contribution >= 4 is 11.9 Å². The van der Waals surface area contributed by atoms with Crippen molar-refractivity contribution in [3.63, 3.8) is 0 Å². The van der Waals surface area contributed by atoms with E-state index in [9.17, 15) is 9.59 Å². The predicted molar refractivity (Wildman–Crippen MR) is 86.5 cm³/mol. The van der Waals surface area contributed by atoms with Crippen molar-refractivity contribution in [2.24, 2.45) is 0 Å². The molecule has 0 bridgehead atoms. The van der Waals surface area contributed by atoms with E-state index in [0.29, 0.717) is 17.1 Å². The molecule has 0 radical (unpaired) electrons. The van der Waals surface area contributed by atoms with Crippen LogP contribution in [0, 0.1) is 0 Å². The Kier molecular flexibility index (Phi) is 5.36. The predicted octanol–water partition coefficient (Wildman–Crippen LogP) is 3.11. The Morgan fingerprint density at radius 2 is 1.61 bits per heavy atom. The first-order valence-corrected chi connectivity index (χ1v) is 7.22. The highest BCUT2D eigenvalue weighted by atomic mass is 16.5. The molecule has 1 amide bonds. The van der Waals surface area contributed by atoms with Crippen LogP contribution in [0.2, 0.25) is 0 Å². The van der Waals surface area contributed by atoms with Crippen molar-refractivity contribution in [1.29, 1.82) is 0 Å². The quantitative estimate of drug-likeness (QED) is 0.796. The Morgan fingerprint density at radius 1 is 0.957 bits per heavy atom. The van der Waals surface area contributed by atoms with E-state index in [-0.39, 0.29) is 5.91 Å². The average Bonchev–Trinajstić information content (AvgIpc) is 2.55. The number of likely N-dealkylation sites (N-methyl/N-ethyl adjacent to an activating group) is 1. The van der Waals surface area contributed by atoms with Gasteiger partial charge in [0, 0.05) is 14.1 Å². The van der Waals surface area contributed by atoms with Gasteiger partial charge in [0.2, 0.25) is 0 Å². The lowest BCUT2D eigenvalue weighted by Crippen LogP contribution is -2.34. The Balaban J connectivity index is 2.07. The number of carbonyl (C=O) groups excluding carboxylic acids is 2. The zero-order valence-electron chi connectivity index (χ0n) is 13.4. The minimum atomic E-state index is -0.837. The molecule has 0 heterocycles. The number of amides is 1. The molecule has 0 saturated heterocycles. The van der Waals surface area contributed by atoms with Crippen molar-refractivity contribution in [1.82, 2.24) is 4.90 Å². The number of hydrogen-bond acceptors (Lipinski definition) is 4. The summed E-state index contributed by atoms with van der Waals surface area (Å²) in [6.45, 7) is 1.55. The normalized spacial score (nSPS) is 11.4. The van der Waals surface area contributed by atoms with E-state index < -0.39 is 12.1 Å². The summed E-state index contributed by atoms with van der Waals surface area (Å²) >= 11 is 0. The van der Waals surface area contributed by atoms with E-state index in [1.54, 1.807) is 45.3 Å². The zero-order valence-corrected chi connectivity index (χ0v) is 13.4. The second-order valence-corrected chi connectivity index (χ2v) is 5.22. The first kappa shape index (κ1) is 16.5. The molecule has 2 aromatic rings. The highest BCUT2D eigenvalue weighted by molar-refractivity contribution is 5.92. The lowest BCUT2D eigenvalue weighted by atomic mass is 10.2. The molecule has 2 aromatic carbocycles. The Morgan fingerprint density at radius 3 is 2.26 bits per heavy atom. The number of benzene rings is 2. The van der Waals surface area contributed by atoms with Crippen molar-refractivity contribution in [2.45, 2.75) is 13.0 Å². The third-order valence-corrected chi connectivity index (χ3v) is 3.12. The lowest BCUT2D eigenvalue weighted by molar-refractivity contribution is -0.137. The molecule has 1 atom stereocenters. The molecule has 0 aliphatic carbocycles. The number of rotatable bonds is 5. The highest BCUT2D eigenvalue weighted by Gasteiger charge is 2.20. The van der Waals surface area contributed by atoms with Gasteiger partial charge in [0.15, 0.2) is 6.10 Å². The van der Waals surface area contributed by atoms with Crippen LogP contribution in [0.4, 0.5) is 0 Å². The van der Waals surface area contributed by atoms with Crippen molar-refractivity contribution < 1.29 is 19.1 Å². The molecular formula is C18H19NO4. The van der Waals surface area contributed by atoms with Crippen LogP contribution in [-0.2, 0) is 9.53 Å². The molecule has 0 spiro atoms. The van der Waals surface area contributed by atoms with Crippen LogP contribution in [0.3, 0.4) is 0 Å². The first-order valence-electron chi connectivity index (χ1n) is 7.22. The summed E-state index contributed by atoms with van der Waals surface area (Å²) in [6.07, 6.45) is -0.837. The maximum Gasteiger partial charge on any atom is 0.339 e. The first-order chi connectivity index (χ1) is 11.0. The van der Waals surface area contributed by atoms with Crippen molar-refractivity contribution in [2.75, 3.05) is 14.1 Å². The van der Waals surface area contributed by atoms with E-state index in [0.717, 1.165) is 0 Å². The average molecular weight is 313 g/mol. The van der Waals surface area contributed by atoms with E-state index >= 15 is 0 Å². The van der Waals surface area contributed by atoms with Gasteiger partial charge in [-0.25, -0.2) is 4.79 Å². The third-order valence-electron chi connectivity index (χ3n) is 3.12. The molecule has 23 heavy (non-hydrogen) atoms. The molecule has 0 N–H and O–H groups in total. The molecule has 120 valence electrons. The molecule has 0 aliphatic rings. The molecule has 5 heteroatoms. The SMILES string of the molecule is C[C@@H](OC(=O)c1cccc(Oc2ccccc2)c1)C(=O)N(C)C. The van der Waals surface area contributed by atoms with E-state index in [1.165, 1.54) is 4.90 Å². The summed E-state index contributed by atoms with van der Waals surface area (Å²) in [5.74, 6) is 0.368. The smallest absolute Gasteiger partial charge is 0.339 e. The minimum Gasteiger partial charge on any atom is -0.457 e. The summed E-state index contributed by atoms with van der Waals surface area (Å²) < 4.78 is 10.9. The number of para-hydroxylation sites is 1.